The highest BCUT2D eigenvalue weighted by molar-refractivity contribution is 9.10. The van der Waals surface area contributed by atoms with E-state index in [9.17, 15) is 4.79 Å². The van der Waals surface area contributed by atoms with Crippen molar-refractivity contribution >= 4 is 27.5 Å². The molecule has 0 spiro atoms. The Hall–Kier alpha value is -2.93. The summed E-state index contributed by atoms with van der Waals surface area (Å²) >= 11 is 3.61. The van der Waals surface area contributed by atoms with Crippen molar-refractivity contribution in [1.29, 1.82) is 0 Å². The maximum absolute atomic E-state index is 13.2. The molecule has 0 saturated heterocycles. The van der Waals surface area contributed by atoms with Crippen molar-refractivity contribution in [1.82, 2.24) is 4.90 Å². The second-order valence-electron chi connectivity index (χ2n) is 6.33. The van der Waals surface area contributed by atoms with Crippen LogP contribution in [-0.2, 0) is 6.54 Å². The number of hydrogen-bond donors (Lipinski definition) is 1. The number of nitrogens with zero attached hydrogens (tertiary/aromatic N) is 1. The predicted molar refractivity (Wildman–Crippen MR) is 102 cm³/mol. The van der Waals surface area contributed by atoms with Gasteiger partial charge in [-0.3, -0.25) is 4.79 Å². The zero-order chi connectivity index (χ0) is 18.4. The van der Waals surface area contributed by atoms with Crippen molar-refractivity contribution in [2.24, 2.45) is 0 Å². The molecule has 0 bridgehead atoms. The Kier molecular flexibility index (Phi) is 3.82. The molecule has 7 heteroatoms. The molecule has 2 aliphatic rings. The molecule has 0 aliphatic carbocycles. The van der Waals surface area contributed by atoms with E-state index in [0.717, 1.165) is 15.7 Å². The van der Waals surface area contributed by atoms with Gasteiger partial charge in [0.2, 0.25) is 6.79 Å². The number of carbonyl (C=O) groups excluding carboxylic acids is 1. The van der Waals surface area contributed by atoms with Crippen LogP contribution in [0.1, 0.15) is 27.8 Å². The minimum Gasteiger partial charge on any atom is -0.467 e. The van der Waals surface area contributed by atoms with E-state index in [1.807, 2.05) is 48.5 Å². The minimum atomic E-state index is -0.388. The average Bonchev–Trinajstić information content (AvgIpc) is 3.35. The van der Waals surface area contributed by atoms with Crippen LogP contribution in [0.3, 0.4) is 0 Å². The second-order valence-corrected chi connectivity index (χ2v) is 7.19. The topological polar surface area (TPSA) is 63.9 Å². The van der Waals surface area contributed by atoms with Crippen molar-refractivity contribution in [2.75, 3.05) is 12.1 Å². The van der Waals surface area contributed by atoms with E-state index in [1.54, 1.807) is 11.2 Å². The number of anilines is 1. The van der Waals surface area contributed by atoms with Gasteiger partial charge in [-0.25, -0.2) is 0 Å². The lowest BCUT2D eigenvalue weighted by Gasteiger charge is -2.38. The van der Waals surface area contributed by atoms with Crippen molar-refractivity contribution in [3.05, 3.63) is 76.2 Å². The highest BCUT2D eigenvalue weighted by atomic mass is 79.9. The molecule has 0 radical (unpaired) electrons. The summed E-state index contributed by atoms with van der Waals surface area (Å²) in [4.78, 5) is 15.0. The van der Waals surface area contributed by atoms with Crippen LogP contribution in [0, 0.1) is 0 Å². The van der Waals surface area contributed by atoms with Crippen molar-refractivity contribution in [2.45, 2.75) is 12.7 Å². The van der Waals surface area contributed by atoms with Crippen LogP contribution in [0.25, 0.3) is 0 Å². The smallest absolute Gasteiger partial charge is 0.258 e. The van der Waals surface area contributed by atoms with Gasteiger partial charge in [-0.15, -0.1) is 0 Å². The van der Waals surface area contributed by atoms with Gasteiger partial charge < -0.3 is 24.1 Å². The highest BCUT2D eigenvalue weighted by Crippen LogP contribution is 2.43. The summed E-state index contributed by atoms with van der Waals surface area (Å²) in [6, 6.07) is 15.0. The van der Waals surface area contributed by atoms with Crippen LogP contribution in [-0.4, -0.2) is 17.6 Å². The van der Waals surface area contributed by atoms with E-state index in [4.69, 9.17) is 13.9 Å². The number of para-hydroxylation sites is 1. The van der Waals surface area contributed by atoms with E-state index >= 15 is 0 Å². The van der Waals surface area contributed by atoms with Crippen molar-refractivity contribution < 1.29 is 18.7 Å². The number of halogens is 1. The number of nitrogens with one attached hydrogen (secondary N) is 1. The monoisotopic (exact) mass is 426 g/mol. The summed E-state index contributed by atoms with van der Waals surface area (Å²) in [7, 11) is 0. The normalized spacial score (nSPS) is 17.6. The van der Waals surface area contributed by atoms with Gasteiger partial charge in [0.15, 0.2) is 11.5 Å². The molecule has 27 heavy (non-hydrogen) atoms. The number of rotatable bonds is 3. The number of hydrogen-bond acceptors (Lipinski definition) is 5. The Morgan fingerprint density at radius 1 is 1.11 bits per heavy atom. The largest absolute Gasteiger partial charge is 0.467 e. The Labute approximate surface area is 163 Å². The van der Waals surface area contributed by atoms with E-state index in [0.29, 0.717) is 29.4 Å². The average molecular weight is 427 g/mol. The fourth-order valence-electron chi connectivity index (χ4n) is 3.41. The number of fused-ring (bicyclic) bond motifs is 2. The van der Waals surface area contributed by atoms with Crippen LogP contribution in [0.4, 0.5) is 5.69 Å². The molecule has 6 nitrogen and oxygen atoms in total. The molecule has 1 aromatic heterocycles. The molecular weight excluding hydrogens is 412 g/mol. The van der Waals surface area contributed by atoms with E-state index in [1.165, 1.54) is 0 Å². The standard InChI is InChI=1S/C20H15BrN2O4/c21-15-9-18-17(26-11-27-18)8-14(15)19-22-16-6-2-1-5-13(16)20(24)23(19)10-12-4-3-7-25-12/h1-9,19,22H,10-11H2/t19-/m0/s1. The van der Waals surface area contributed by atoms with Gasteiger partial charge in [0.1, 0.15) is 11.9 Å². The summed E-state index contributed by atoms with van der Waals surface area (Å²) in [6.45, 7) is 0.542. The summed E-state index contributed by atoms with van der Waals surface area (Å²) in [5.74, 6) is 2.01. The number of benzene rings is 2. The summed E-state index contributed by atoms with van der Waals surface area (Å²) in [5, 5.41) is 3.48. The molecule has 3 aromatic rings. The maximum atomic E-state index is 13.2. The highest BCUT2D eigenvalue weighted by Gasteiger charge is 2.35. The lowest BCUT2D eigenvalue weighted by Crippen LogP contribution is -2.42. The molecule has 1 atom stereocenters. The second kappa shape index (κ2) is 6.35. The Morgan fingerprint density at radius 3 is 2.74 bits per heavy atom. The molecule has 0 fully saturated rings. The molecule has 1 N–H and O–H groups in total. The van der Waals surface area contributed by atoms with E-state index in [2.05, 4.69) is 21.2 Å². The minimum absolute atomic E-state index is 0.0599. The Bertz CT molecular complexity index is 1020. The van der Waals surface area contributed by atoms with Gasteiger partial charge in [-0.05, 0) is 36.4 Å². The zero-order valence-electron chi connectivity index (χ0n) is 14.1. The van der Waals surface area contributed by atoms with Gasteiger partial charge in [0.25, 0.3) is 5.91 Å². The number of amides is 1. The maximum Gasteiger partial charge on any atom is 0.258 e. The van der Waals surface area contributed by atoms with Gasteiger partial charge in [0, 0.05) is 15.7 Å². The quantitative estimate of drug-likeness (QED) is 0.665. The van der Waals surface area contributed by atoms with Crippen molar-refractivity contribution in [3.8, 4) is 11.5 Å². The molecule has 1 amide bonds. The molecule has 136 valence electrons. The van der Waals surface area contributed by atoms with Crippen LogP contribution in [0.15, 0.2) is 63.7 Å². The molecule has 0 unspecified atom stereocenters. The number of furan rings is 1. The first-order chi connectivity index (χ1) is 13.2. The first-order valence-electron chi connectivity index (χ1n) is 8.48. The molecule has 0 saturated carbocycles. The van der Waals surface area contributed by atoms with Crippen LogP contribution >= 0.6 is 15.9 Å². The summed E-state index contributed by atoms with van der Waals surface area (Å²) in [6.07, 6.45) is 1.22. The predicted octanol–water partition coefficient (Wildman–Crippen LogP) is 4.54. The fourth-order valence-corrected chi connectivity index (χ4v) is 3.95. The first-order valence-corrected chi connectivity index (χ1v) is 9.28. The van der Waals surface area contributed by atoms with Crippen LogP contribution in [0.2, 0.25) is 0 Å². The molecule has 2 aromatic carbocycles. The third kappa shape index (κ3) is 2.75. The van der Waals surface area contributed by atoms with Gasteiger partial charge in [0.05, 0.1) is 18.4 Å². The summed E-state index contributed by atoms with van der Waals surface area (Å²) < 4.78 is 17.3. The number of carbonyl (C=O) groups is 1. The fraction of sp³-hybridized carbons (Fsp3) is 0.150. The molecule has 2 aliphatic heterocycles. The van der Waals surface area contributed by atoms with E-state index in [-0.39, 0.29) is 18.9 Å². The summed E-state index contributed by atoms with van der Waals surface area (Å²) in [5.41, 5.74) is 2.32. The van der Waals surface area contributed by atoms with Crippen LogP contribution in [0.5, 0.6) is 11.5 Å². The Morgan fingerprint density at radius 2 is 1.93 bits per heavy atom. The van der Waals surface area contributed by atoms with Gasteiger partial charge in [-0.2, -0.15) is 0 Å². The molecular formula is C20H15BrN2O4. The van der Waals surface area contributed by atoms with E-state index < -0.39 is 0 Å². The lowest BCUT2D eigenvalue weighted by atomic mass is 10.0. The Balaban J connectivity index is 1.61. The SMILES string of the molecule is O=C1c2ccccc2N[C@H](c2cc3c(cc2Br)OCO3)N1Cc1ccco1. The first kappa shape index (κ1) is 16.3. The van der Waals surface area contributed by atoms with Crippen LogP contribution < -0.4 is 14.8 Å². The van der Waals surface area contributed by atoms with Crippen molar-refractivity contribution in [3.63, 3.8) is 0 Å². The third-order valence-corrected chi connectivity index (χ3v) is 5.40. The number of ether oxygens (including phenoxy) is 2. The van der Waals surface area contributed by atoms with Gasteiger partial charge in [-0.1, -0.05) is 28.1 Å². The third-order valence-electron chi connectivity index (χ3n) is 4.71. The zero-order valence-corrected chi connectivity index (χ0v) is 15.7. The van der Waals surface area contributed by atoms with Gasteiger partial charge >= 0.3 is 0 Å². The molecule has 5 rings (SSSR count). The molecule has 3 heterocycles. The lowest BCUT2D eigenvalue weighted by molar-refractivity contribution is 0.0650.